The molecular weight excluding hydrogens is 393 g/mol. The summed E-state index contributed by atoms with van der Waals surface area (Å²) in [6.07, 6.45) is 3.76. The standard InChI is InChI=1S/C26H20FNO3/c1-16-23(30-15-17-7-3-5-9-21(17)27)12-11-20-25(29)24(31-26(16)20)13-18-14-28(2)22-10-6-4-8-19(18)22/h3-14H,15H2,1-2H3. The Hall–Kier alpha value is -3.86. The van der Waals surface area contributed by atoms with Gasteiger partial charge in [-0.05, 0) is 37.3 Å². The largest absolute Gasteiger partial charge is 0.488 e. The monoisotopic (exact) mass is 413 g/mol. The molecule has 0 amide bonds. The maximum Gasteiger partial charge on any atom is 0.231 e. The van der Waals surface area contributed by atoms with E-state index in [1.54, 1.807) is 36.4 Å². The highest BCUT2D eigenvalue weighted by atomic mass is 19.1. The molecule has 2 heterocycles. The van der Waals surface area contributed by atoms with Crippen molar-refractivity contribution in [3.63, 3.8) is 0 Å². The van der Waals surface area contributed by atoms with E-state index in [2.05, 4.69) is 0 Å². The van der Waals surface area contributed by atoms with Gasteiger partial charge in [-0.25, -0.2) is 4.39 Å². The third-order valence-electron chi connectivity index (χ3n) is 5.59. The number of fused-ring (bicyclic) bond motifs is 2. The van der Waals surface area contributed by atoms with Gasteiger partial charge in [0.15, 0.2) is 5.76 Å². The summed E-state index contributed by atoms with van der Waals surface area (Å²) in [6, 6.07) is 17.9. The SMILES string of the molecule is Cc1c(OCc2ccccc2F)ccc2c1OC(=Cc1cn(C)c3ccccc13)C2=O. The number of allylic oxidation sites excluding steroid dienone is 1. The average Bonchev–Trinajstić information content (AvgIpc) is 3.27. The van der Waals surface area contributed by atoms with Gasteiger partial charge in [0.1, 0.15) is 23.9 Å². The molecule has 1 aliphatic rings. The van der Waals surface area contributed by atoms with E-state index in [0.717, 1.165) is 16.5 Å². The first kappa shape index (κ1) is 19.1. The third-order valence-corrected chi connectivity index (χ3v) is 5.59. The van der Waals surface area contributed by atoms with Gasteiger partial charge < -0.3 is 14.0 Å². The summed E-state index contributed by atoms with van der Waals surface area (Å²) in [5, 5.41) is 1.05. The van der Waals surface area contributed by atoms with Gasteiger partial charge in [0.05, 0.1) is 5.56 Å². The molecule has 0 fully saturated rings. The average molecular weight is 413 g/mol. The summed E-state index contributed by atoms with van der Waals surface area (Å²) in [5.41, 5.74) is 3.68. The minimum atomic E-state index is -0.312. The number of rotatable bonds is 4. The van der Waals surface area contributed by atoms with E-state index < -0.39 is 0 Å². The van der Waals surface area contributed by atoms with E-state index in [4.69, 9.17) is 9.47 Å². The Labute approximate surface area is 179 Å². The molecule has 31 heavy (non-hydrogen) atoms. The molecule has 4 aromatic rings. The molecule has 0 radical (unpaired) electrons. The van der Waals surface area contributed by atoms with Crippen LogP contribution in [0.4, 0.5) is 4.39 Å². The van der Waals surface area contributed by atoms with Crippen LogP contribution in [0.25, 0.3) is 17.0 Å². The van der Waals surface area contributed by atoms with Crippen LogP contribution in [0.1, 0.15) is 27.0 Å². The summed E-state index contributed by atoms with van der Waals surface area (Å²) in [7, 11) is 1.97. The number of para-hydroxylation sites is 1. The van der Waals surface area contributed by atoms with Gasteiger partial charge in [-0.3, -0.25) is 4.79 Å². The highest BCUT2D eigenvalue weighted by Crippen LogP contribution is 2.40. The van der Waals surface area contributed by atoms with Crippen molar-refractivity contribution in [1.82, 2.24) is 4.57 Å². The summed E-state index contributed by atoms with van der Waals surface area (Å²) >= 11 is 0. The molecule has 0 aliphatic carbocycles. The smallest absolute Gasteiger partial charge is 0.231 e. The normalized spacial score (nSPS) is 14.2. The van der Waals surface area contributed by atoms with Crippen LogP contribution in [-0.4, -0.2) is 10.4 Å². The highest BCUT2D eigenvalue weighted by Gasteiger charge is 2.30. The number of Topliss-reactive ketones (excluding diaryl/α,β-unsaturated/α-hetero) is 1. The van der Waals surface area contributed by atoms with Crippen LogP contribution in [0.2, 0.25) is 0 Å². The molecule has 3 aromatic carbocycles. The minimum absolute atomic E-state index is 0.0962. The maximum absolute atomic E-state index is 13.9. The number of ether oxygens (including phenoxy) is 2. The fourth-order valence-electron chi connectivity index (χ4n) is 3.92. The number of nitrogens with zero attached hydrogens (tertiary/aromatic N) is 1. The Morgan fingerprint density at radius 3 is 2.68 bits per heavy atom. The summed E-state index contributed by atoms with van der Waals surface area (Å²) in [6.45, 7) is 1.93. The van der Waals surface area contributed by atoms with Crippen molar-refractivity contribution in [3.8, 4) is 11.5 Å². The van der Waals surface area contributed by atoms with Crippen LogP contribution in [0.3, 0.4) is 0 Å². The molecular formula is C26H20FNO3. The molecule has 0 saturated carbocycles. The Bertz CT molecular complexity index is 1370. The lowest BCUT2D eigenvalue weighted by molar-refractivity contribution is 0.101. The number of halogens is 1. The van der Waals surface area contributed by atoms with E-state index in [-0.39, 0.29) is 24.0 Å². The number of ketones is 1. The Balaban J connectivity index is 1.45. The first-order chi connectivity index (χ1) is 15.0. The van der Waals surface area contributed by atoms with Crippen molar-refractivity contribution in [2.75, 3.05) is 0 Å². The second kappa shape index (κ2) is 7.43. The van der Waals surface area contributed by atoms with Crippen molar-refractivity contribution in [3.05, 3.63) is 101 Å². The molecule has 5 heteroatoms. The van der Waals surface area contributed by atoms with Crippen LogP contribution >= 0.6 is 0 Å². The summed E-state index contributed by atoms with van der Waals surface area (Å²) in [5.74, 6) is 0.851. The Morgan fingerprint density at radius 2 is 1.84 bits per heavy atom. The van der Waals surface area contributed by atoms with Crippen molar-refractivity contribution in [1.29, 1.82) is 0 Å². The highest BCUT2D eigenvalue weighted by molar-refractivity contribution is 6.15. The molecule has 0 unspecified atom stereocenters. The number of benzene rings is 3. The van der Waals surface area contributed by atoms with Crippen LogP contribution in [0, 0.1) is 12.7 Å². The zero-order valence-corrected chi connectivity index (χ0v) is 17.2. The van der Waals surface area contributed by atoms with Gasteiger partial charge in [-0.1, -0.05) is 36.4 Å². The van der Waals surface area contributed by atoms with Gasteiger partial charge in [-0.15, -0.1) is 0 Å². The summed E-state index contributed by atoms with van der Waals surface area (Å²) in [4.78, 5) is 12.9. The molecule has 0 bridgehead atoms. The topological polar surface area (TPSA) is 40.5 Å². The van der Waals surface area contributed by atoms with Crippen LogP contribution in [-0.2, 0) is 13.7 Å². The lowest BCUT2D eigenvalue weighted by atomic mass is 10.1. The number of aromatic nitrogens is 1. The lowest BCUT2D eigenvalue weighted by Crippen LogP contribution is -2.00. The molecule has 4 nitrogen and oxygen atoms in total. The molecule has 154 valence electrons. The number of carbonyl (C=O) groups is 1. The van der Waals surface area contributed by atoms with Gasteiger partial charge in [0.25, 0.3) is 0 Å². The van der Waals surface area contributed by atoms with E-state index >= 15 is 0 Å². The molecule has 0 spiro atoms. The first-order valence-corrected chi connectivity index (χ1v) is 10.0. The molecule has 1 aromatic heterocycles. The number of hydrogen-bond donors (Lipinski definition) is 0. The predicted molar refractivity (Wildman–Crippen MR) is 118 cm³/mol. The van der Waals surface area contributed by atoms with Crippen molar-refractivity contribution >= 4 is 22.8 Å². The molecule has 0 saturated heterocycles. The van der Waals surface area contributed by atoms with E-state index in [9.17, 15) is 9.18 Å². The Morgan fingerprint density at radius 1 is 1.06 bits per heavy atom. The molecule has 0 atom stereocenters. The zero-order valence-electron chi connectivity index (χ0n) is 17.2. The van der Waals surface area contributed by atoms with Gasteiger partial charge >= 0.3 is 0 Å². The Kier molecular flexibility index (Phi) is 4.59. The van der Waals surface area contributed by atoms with Crippen molar-refractivity contribution < 1.29 is 18.7 Å². The van der Waals surface area contributed by atoms with Gasteiger partial charge in [0.2, 0.25) is 5.78 Å². The third kappa shape index (κ3) is 3.28. The lowest BCUT2D eigenvalue weighted by Gasteiger charge is -2.12. The molecule has 1 aliphatic heterocycles. The van der Waals surface area contributed by atoms with E-state index in [0.29, 0.717) is 28.2 Å². The fraction of sp³-hybridized carbons (Fsp3) is 0.115. The summed E-state index contributed by atoms with van der Waals surface area (Å²) < 4.78 is 27.7. The number of hydrogen-bond acceptors (Lipinski definition) is 3. The molecule has 0 N–H and O–H groups in total. The number of aryl methyl sites for hydroxylation is 1. The molecule has 5 rings (SSSR count). The van der Waals surface area contributed by atoms with E-state index in [1.807, 2.05) is 49.0 Å². The second-order valence-corrected chi connectivity index (χ2v) is 7.60. The van der Waals surface area contributed by atoms with E-state index in [1.165, 1.54) is 6.07 Å². The predicted octanol–water partition coefficient (Wildman–Crippen LogP) is 5.82. The van der Waals surface area contributed by atoms with Gasteiger partial charge in [-0.2, -0.15) is 0 Å². The van der Waals surface area contributed by atoms with Crippen molar-refractivity contribution in [2.24, 2.45) is 7.05 Å². The van der Waals surface area contributed by atoms with Crippen LogP contribution in [0.5, 0.6) is 11.5 Å². The zero-order chi connectivity index (χ0) is 21.5. The second-order valence-electron chi connectivity index (χ2n) is 7.60. The van der Waals surface area contributed by atoms with Crippen LogP contribution in [0.15, 0.2) is 72.6 Å². The van der Waals surface area contributed by atoms with Crippen molar-refractivity contribution in [2.45, 2.75) is 13.5 Å². The van der Waals surface area contributed by atoms with Gasteiger partial charge in [0, 0.05) is 40.8 Å². The fourth-order valence-corrected chi connectivity index (χ4v) is 3.92. The number of carbonyl (C=O) groups excluding carboxylic acids is 1. The van der Waals surface area contributed by atoms with Crippen LogP contribution < -0.4 is 9.47 Å². The first-order valence-electron chi connectivity index (χ1n) is 10.0. The maximum atomic E-state index is 13.9. The minimum Gasteiger partial charge on any atom is -0.488 e. The quantitative estimate of drug-likeness (QED) is 0.396.